The molecule has 0 bridgehead atoms. The van der Waals surface area contributed by atoms with Crippen LogP contribution in [-0.2, 0) is 6.18 Å². The normalized spacial score (nSPS) is 11.8. The maximum atomic E-state index is 13.1. The third-order valence-corrected chi connectivity index (χ3v) is 2.63. The molecule has 1 aromatic heterocycles. The molecule has 6 heteroatoms. The minimum atomic E-state index is -4.55. The lowest BCUT2D eigenvalue weighted by Crippen LogP contribution is -2.10. The monoisotopic (exact) mass is 272 g/mol. The summed E-state index contributed by atoms with van der Waals surface area (Å²) in [6, 6.07) is 4.59. The molecule has 1 aromatic carbocycles. The van der Waals surface area contributed by atoms with Crippen molar-refractivity contribution in [2.45, 2.75) is 19.5 Å². The molecule has 2 aromatic rings. The van der Waals surface area contributed by atoms with Gasteiger partial charge in [-0.25, -0.2) is 9.37 Å². The number of nitrogens with one attached hydrogen (secondary N) is 1. The lowest BCUT2D eigenvalue weighted by Gasteiger charge is -2.13. The van der Waals surface area contributed by atoms with Gasteiger partial charge in [0.2, 0.25) is 0 Å². The van der Waals surface area contributed by atoms with E-state index in [9.17, 15) is 17.6 Å². The zero-order chi connectivity index (χ0) is 14.0. The molecule has 102 valence electrons. The summed E-state index contributed by atoms with van der Waals surface area (Å²) >= 11 is 0. The molecule has 0 amide bonds. The van der Waals surface area contributed by atoms with Crippen LogP contribution in [0, 0.1) is 5.82 Å². The van der Waals surface area contributed by atoms with E-state index in [1.165, 1.54) is 12.1 Å². The Kier molecular flexibility index (Phi) is 3.59. The van der Waals surface area contributed by atoms with Gasteiger partial charge >= 0.3 is 6.18 Å². The number of halogens is 4. The molecule has 1 heterocycles. The Labute approximate surface area is 107 Å². The summed E-state index contributed by atoms with van der Waals surface area (Å²) in [4.78, 5) is 3.47. The first kappa shape index (κ1) is 13.6. The number of anilines is 1. The molecule has 1 N–H and O–H groups in total. The van der Waals surface area contributed by atoms with Crippen LogP contribution in [0.3, 0.4) is 0 Å². The van der Waals surface area contributed by atoms with Gasteiger partial charge in [0.25, 0.3) is 0 Å². The Morgan fingerprint density at radius 2 is 1.95 bits per heavy atom. The van der Waals surface area contributed by atoms with Crippen molar-refractivity contribution in [3.63, 3.8) is 0 Å². The first-order valence-electron chi connectivity index (χ1n) is 5.83. The fourth-order valence-corrected chi connectivity index (χ4v) is 1.75. The van der Waals surface area contributed by atoms with Crippen molar-refractivity contribution < 1.29 is 17.6 Å². The summed E-state index contributed by atoms with van der Waals surface area (Å²) in [5, 5.41) is 3.38. The summed E-state index contributed by atoms with van der Waals surface area (Å²) in [6.07, 6.45) is -3.78. The number of nitrogens with zero attached hydrogens (tertiary/aromatic N) is 1. The quantitative estimate of drug-likeness (QED) is 0.846. The molecule has 0 fully saturated rings. The number of alkyl halides is 3. The molecule has 2 rings (SSSR count). The van der Waals surface area contributed by atoms with Gasteiger partial charge in [0.05, 0.1) is 5.52 Å². The van der Waals surface area contributed by atoms with Crippen LogP contribution in [0.1, 0.15) is 19.0 Å². The van der Waals surface area contributed by atoms with Crippen molar-refractivity contribution in [3.05, 3.63) is 35.8 Å². The fourth-order valence-electron chi connectivity index (χ4n) is 1.75. The van der Waals surface area contributed by atoms with E-state index in [-0.39, 0.29) is 5.52 Å². The Bertz CT molecular complexity index is 593. The molecule has 0 aliphatic carbocycles. The van der Waals surface area contributed by atoms with Gasteiger partial charge in [0.15, 0.2) is 0 Å². The molecule has 0 aliphatic rings. The summed E-state index contributed by atoms with van der Waals surface area (Å²) in [5.74, 6) is -0.610. The van der Waals surface area contributed by atoms with Gasteiger partial charge in [-0.1, -0.05) is 6.92 Å². The van der Waals surface area contributed by atoms with Crippen LogP contribution in [0.25, 0.3) is 10.9 Å². The van der Waals surface area contributed by atoms with E-state index in [2.05, 4.69) is 10.3 Å². The Morgan fingerprint density at radius 1 is 1.21 bits per heavy atom. The van der Waals surface area contributed by atoms with Gasteiger partial charge in [-0.2, -0.15) is 13.2 Å². The van der Waals surface area contributed by atoms with E-state index in [1.54, 1.807) is 0 Å². The summed E-state index contributed by atoms with van der Waals surface area (Å²) in [7, 11) is 0. The number of rotatable bonds is 3. The number of hydrogen-bond acceptors (Lipinski definition) is 2. The van der Waals surface area contributed by atoms with Crippen molar-refractivity contribution in [2.24, 2.45) is 0 Å². The van der Waals surface area contributed by atoms with Crippen molar-refractivity contribution in [3.8, 4) is 0 Å². The molecule has 0 saturated carbocycles. The number of fused-ring (bicyclic) bond motifs is 1. The topological polar surface area (TPSA) is 24.9 Å². The largest absolute Gasteiger partial charge is 0.433 e. The van der Waals surface area contributed by atoms with Gasteiger partial charge in [-0.3, -0.25) is 0 Å². The minimum absolute atomic E-state index is 0.00609. The molecule has 0 aliphatic heterocycles. The van der Waals surface area contributed by atoms with Crippen molar-refractivity contribution >= 4 is 16.6 Å². The van der Waals surface area contributed by atoms with E-state index >= 15 is 0 Å². The highest BCUT2D eigenvalue weighted by Gasteiger charge is 2.33. The van der Waals surface area contributed by atoms with Gasteiger partial charge in [-0.15, -0.1) is 0 Å². The zero-order valence-corrected chi connectivity index (χ0v) is 10.2. The summed E-state index contributed by atoms with van der Waals surface area (Å²) in [6.45, 7) is 2.44. The number of hydrogen-bond donors (Lipinski definition) is 1. The molecule has 0 unspecified atom stereocenters. The molecule has 0 atom stereocenters. The Hall–Kier alpha value is -1.85. The smallest absolute Gasteiger partial charge is 0.384 e. The van der Waals surface area contributed by atoms with E-state index in [4.69, 9.17) is 0 Å². The fraction of sp³-hybridized carbons (Fsp3) is 0.308. The molecule has 2 nitrogen and oxygen atoms in total. The number of benzene rings is 1. The predicted molar refractivity (Wildman–Crippen MR) is 65.5 cm³/mol. The van der Waals surface area contributed by atoms with Gasteiger partial charge in [-0.05, 0) is 24.6 Å². The van der Waals surface area contributed by atoms with Crippen LogP contribution in [0.15, 0.2) is 24.3 Å². The van der Waals surface area contributed by atoms with Gasteiger partial charge in [0.1, 0.15) is 11.5 Å². The van der Waals surface area contributed by atoms with Gasteiger partial charge in [0, 0.05) is 23.7 Å². The second-order valence-corrected chi connectivity index (χ2v) is 4.14. The van der Waals surface area contributed by atoms with E-state index in [1.807, 2.05) is 6.92 Å². The molecule has 0 saturated heterocycles. The second kappa shape index (κ2) is 5.03. The first-order chi connectivity index (χ1) is 8.91. The third-order valence-electron chi connectivity index (χ3n) is 2.63. The Morgan fingerprint density at radius 3 is 2.58 bits per heavy atom. The number of pyridine rings is 1. The average molecular weight is 272 g/mol. The first-order valence-corrected chi connectivity index (χ1v) is 5.83. The summed E-state index contributed by atoms with van der Waals surface area (Å²) in [5.41, 5.74) is -0.711. The van der Waals surface area contributed by atoms with E-state index < -0.39 is 17.7 Å². The van der Waals surface area contributed by atoms with Crippen LogP contribution in [-0.4, -0.2) is 11.5 Å². The summed E-state index contributed by atoms with van der Waals surface area (Å²) < 4.78 is 51.3. The van der Waals surface area contributed by atoms with Gasteiger partial charge < -0.3 is 5.32 Å². The maximum absolute atomic E-state index is 13.1. The molecular weight excluding hydrogens is 260 g/mol. The Balaban J connectivity index is 2.62. The standard InChI is InChI=1S/C13H12F4N2/c1-2-5-18-10-7-12(13(15,16)17)19-11-6-8(14)3-4-9(10)11/h3-4,6-7H,2,5H2,1H3,(H,18,19). The minimum Gasteiger partial charge on any atom is -0.384 e. The lowest BCUT2D eigenvalue weighted by molar-refractivity contribution is -0.140. The van der Waals surface area contributed by atoms with E-state index in [0.717, 1.165) is 18.6 Å². The van der Waals surface area contributed by atoms with E-state index in [0.29, 0.717) is 17.6 Å². The molecular formula is C13H12F4N2. The predicted octanol–water partition coefficient (Wildman–Crippen LogP) is 4.21. The second-order valence-electron chi connectivity index (χ2n) is 4.14. The van der Waals surface area contributed by atoms with Crippen LogP contribution >= 0.6 is 0 Å². The average Bonchev–Trinajstić information content (AvgIpc) is 2.33. The maximum Gasteiger partial charge on any atom is 0.433 e. The van der Waals surface area contributed by atoms with Crippen LogP contribution in [0.5, 0.6) is 0 Å². The molecule has 0 spiro atoms. The lowest BCUT2D eigenvalue weighted by atomic mass is 10.1. The SMILES string of the molecule is CCCNc1cc(C(F)(F)F)nc2cc(F)ccc12. The van der Waals surface area contributed by atoms with Crippen molar-refractivity contribution in [2.75, 3.05) is 11.9 Å². The molecule has 19 heavy (non-hydrogen) atoms. The van der Waals surface area contributed by atoms with Crippen LogP contribution < -0.4 is 5.32 Å². The van der Waals surface area contributed by atoms with Crippen LogP contribution in [0.2, 0.25) is 0 Å². The molecule has 0 radical (unpaired) electrons. The third kappa shape index (κ3) is 2.94. The van der Waals surface area contributed by atoms with Crippen LogP contribution in [0.4, 0.5) is 23.2 Å². The number of aromatic nitrogens is 1. The zero-order valence-electron chi connectivity index (χ0n) is 10.2. The highest BCUT2D eigenvalue weighted by atomic mass is 19.4. The highest BCUT2D eigenvalue weighted by molar-refractivity contribution is 5.91. The highest BCUT2D eigenvalue weighted by Crippen LogP contribution is 2.33. The van der Waals surface area contributed by atoms with Crippen molar-refractivity contribution in [1.29, 1.82) is 0 Å². The van der Waals surface area contributed by atoms with Crippen molar-refractivity contribution in [1.82, 2.24) is 4.98 Å².